The Morgan fingerprint density at radius 1 is 1.36 bits per heavy atom. The smallest absolute Gasteiger partial charge is 0.260 e. The monoisotopic (exact) mass is 301 g/mol. The lowest BCUT2D eigenvalue weighted by atomic mass is 9.93. The van der Waals surface area contributed by atoms with Gasteiger partial charge in [0.1, 0.15) is 5.75 Å². The van der Waals surface area contributed by atoms with Crippen LogP contribution in [0.15, 0.2) is 24.3 Å². The summed E-state index contributed by atoms with van der Waals surface area (Å²) in [5.74, 6) is -0.279. The van der Waals surface area contributed by atoms with Crippen molar-refractivity contribution in [2.24, 2.45) is 11.7 Å². The molecule has 22 heavy (non-hydrogen) atoms. The Bertz CT molecular complexity index is 592. The fraction of sp³-hybridized carbons (Fsp3) is 0.438. The molecule has 116 valence electrons. The van der Waals surface area contributed by atoms with Gasteiger partial charge in [0.05, 0.1) is 17.6 Å². The molecular weight excluding hydrogens is 282 g/mol. The van der Waals surface area contributed by atoms with Gasteiger partial charge in [-0.3, -0.25) is 9.59 Å². The van der Waals surface area contributed by atoms with E-state index >= 15 is 0 Å². The summed E-state index contributed by atoms with van der Waals surface area (Å²) in [5.41, 5.74) is 5.87. The van der Waals surface area contributed by atoms with Gasteiger partial charge >= 0.3 is 0 Å². The number of primary amides is 1. The van der Waals surface area contributed by atoms with Crippen molar-refractivity contribution in [1.82, 2.24) is 4.90 Å². The highest BCUT2D eigenvalue weighted by atomic mass is 16.5. The van der Waals surface area contributed by atoms with Gasteiger partial charge in [-0.25, -0.2) is 0 Å². The minimum absolute atomic E-state index is 0.0765. The summed E-state index contributed by atoms with van der Waals surface area (Å²) in [6.07, 6.45) is 1.48. The van der Waals surface area contributed by atoms with Crippen LogP contribution in [0.3, 0.4) is 0 Å². The molecule has 0 saturated carbocycles. The molecule has 1 heterocycles. The number of carbonyl (C=O) groups is 2. The first-order valence-corrected chi connectivity index (χ1v) is 7.23. The van der Waals surface area contributed by atoms with Crippen LogP contribution in [0.4, 0.5) is 0 Å². The summed E-state index contributed by atoms with van der Waals surface area (Å²) in [7, 11) is 0. The molecule has 0 unspecified atom stereocenters. The zero-order chi connectivity index (χ0) is 16.1. The molecule has 0 bridgehead atoms. The molecule has 0 aliphatic carbocycles. The topological polar surface area (TPSA) is 96.4 Å². The van der Waals surface area contributed by atoms with E-state index in [0.717, 1.165) is 12.8 Å². The highest BCUT2D eigenvalue weighted by molar-refractivity contribution is 5.81. The molecule has 1 aliphatic heterocycles. The van der Waals surface area contributed by atoms with Crippen molar-refractivity contribution in [1.29, 1.82) is 5.26 Å². The van der Waals surface area contributed by atoms with Crippen molar-refractivity contribution in [2.45, 2.75) is 25.8 Å². The number of nitriles is 1. The number of carbonyl (C=O) groups excluding carboxylic acids is 2. The van der Waals surface area contributed by atoms with Crippen LogP contribution < -0.4 is 10.5 Å². The normalized spacial score (nSPS) is 21.0. The average molecular weight is 301 g/mol. The number of nitrogens with two attached hydrogens (primary N) is 1. The summed E-state index contributed by atoms with van der Waals surface area (Å²) in [5, 5.41) is 8.73. The third kappa shape index (κ3) is 3.76. The SMILES string of the molecule is C[C@@H]1CC[C@@H](C(N)=O)CN1C(=O)COc1ccc(C#N)cc1. The molecule has 6 heteroatoms. The summed E-state index contributed by atoms with van der Waals surface area (Å²) in [4.78, 5) is 25.2. The lowest BCUT2D eigenvalue weighted by molar-refractivity contribution is -0.139. The zero-order valence-electron chi connectivity index (χ0n) is 12.5. The summed E-state index contributed by atoms with van der Waals surface area (Å²) in [6.45, 7) is 2.21. The maximum atomic E-state index is 12.3. The molecule has 1 saturated heterocycles. The maximum absolute atomic E-state index is 12.3. The number of amides is 2. The first kappa shape index (κ1) is 15.8. The Morgan fingerprint density at radius 2 is 2.05 bits per heavy atom. The Kier molecular flexibility index (Phi) is 4.99. The number of hydrogen-bond acceptors (Lipinski definition) is 4. The predicted molar refractivity (Wildman–Crippen MR) is 79.7 cm³/mol. The molecule has 6 nitrogen and oxygen atoms in total. The van der Waals surface area contributed by atoms with Crippen molar-refractivity contribution < 1.29 is 14.3 Å². The number of piperidine rings is 1. The molecule has 2 atom stereocenters. The molecule has 1 aromatic carbocycles. The van der Waals surface area contributed by atoms with Gasteiger partial charge in [-0.05, 0) is 44.0 Å². The Balaban J connectivity index is 1.92. The highest BCUT2D eigenvalue weighted by Crippen LogP contribution is 2.22. The lowest BCUT2D eigenvalue weighted by Gasteiger charge is -2.36. The molecule has 0 radical (unpaired) electrons. The van der Waals surface area contributed by atoms with Gasteiger partial charge in [0.2, 0.25) is 5.91 Å². The van der Waals surface area contributed by atoms with Crippen LogP contribution >= 0.6 is 0 Å². The predicted octanol–water partition coefficient (Wildman–Crippen LogP) is 1.05. The Hall–Kier alpha value is -2.55. The van der Waals surface area contributed by atoms with Gasteiger partial charge in [-0.15, -0.1) is 0 Å². The van der Waals surface area contributed by atoms with E-state index in [4.69, 9.17) is 15.7 Å². The second kappa shape index (κ2) is 6.94. The van der Waals surface area contributed by atoms with Gasteiger partial charge in [-0.1, -0.05) is 0 Å². The van der Waals surface area contributed by atoms with Gasteiger partial charge in [0.25, 0.3) is 5.91 Å². The van der Waals surface area contributed by atoms with E-state index in [1.54, 1.807) is 29.2 Å². The number of benzene rings is 1. The number of hydrogen-bond donors (Lipinski definition) is 1. The van der Waals surface area contributed by atoms with E-state index in [1.807, 2.05) is 13.0 Å². The van der Waals surface area contributed by atoms with Crippen molar-refractivity contribution in [2.75, 3.05) is 13.2 Å². The third-order valence-electron chi connectivity index (χ3n) is 3.95. The lowest BCUT2D eigenvalue weighted by Crippen LogP contribution is -2.50. The second-order valence-electron chi connectivity index (χ2n) is 5.50. The zero-order valence-corrected chi connectivity index (χ0v) is 12.5. The van der Waals surface area contributed by atoms with Crippen molar-refractivity contribution in [3.8, 4) is 11.8 Å². The molecule has 1 aromatic rings. The largest absolute Gasteiger partial charge is 0.484 e. The molecule has 0 aromatic heterocycles. The van der Waals surface area contributed by atoms with Crippen LogP contribution in [0.2, 0.25) is 0 Å². The molecule has 1 aliphatic rings. The van der Waals surface area contributed by atoms with E-state index in [0.29, 0.717) is 17.9 Å². The van der Waals surface area contributed by atoms with Crippen molar-refractivity contribution in [3.05, 3.63) is 29.8 Å². The quantitative estimate of drug-likeness (QED) is 0.899. The summed E-state index contributed by atoms with van der Waals surface area (Å²) >= 11 is 0. The van der Waals surface area contributed by atoms with Crippen LogP contribution in [0.25, 0.3) is 0 Å². The number of nitrogens with zero attached hydrogens (tertiary/aromatic N) is 2. The van der Waals surface area contributed by atoms with E-state index in [1.165, 1.54) is 0 Å². The average Bonchev–Trinajstić information content (AvgIpc) is 2.53. The number of likely N-dealkylation sites (tertiary alicyclic amines) is 1. The van der Waals surface area contributed by atoms with Gasteiger partial charge in [0.15, 0.2) is 6.61 Å². The van der Waals surface area contributed by atoms with E-state index < -0.39 is 0 Å². The summed E-state index contributed by atoms with van der Waals surface area (Å²) in [6, 6.07) is 8.66. The summed E-state index contributed by atoms with van der Waals surface area (Å²) < 4.78 is 5.45. The number of rotatable bonds is 4. The van der Waals surface area contributed by atoms with E-state index in [-0.39, 0.29) is 30.4 Å². The van der Waals surface area contributed by atoms with Gasteiger partial charge in [-0.2, -0.15) is 5.26 Å². The minimum atomic E-state index is -0.363. The van der Waals surface area contributed by atoms with E-state index in [9.17, 15) is 9.59 Å². The molecule has 2 N–H and O–H groups in total. The molecule has 1 fully saturated rings. The van der Waals surface area contributed by atoms with Gasteiger partial charge in [0, 0.05) is 12.6 Å². The minimum Gasteiger partial charge on any atom is -0.484 e. The number of ether oxygens (including phenoxy) is 1. The first-order valence-electron chi connectivity index (χ1n) is 7.23. The van der Waals surface area contributed by atoms with Crippen molar-refractivity contribution >= 4 is 11.8 Å². The molecule has 2 rings (SSSR count). The van der Waals surface area contributed by atoms with Crippen LogP contribution in [0.5, 0.6) is 5.75 Å². The first-order chi connectivity index (χ1) is 10.5. The Labute approximate surface area is 129 Å². The fourth-order valence-corrected chi connectivity index (χ4v) is 2.54. The molecular formula is C16H19N3O3. The standard InChI is InChI=1S/C16H19N3O3/c1-11-2-5-13(16(18)21)9-19(11)15(20)10-22-14-6-3-12(8-17)4-7-14/h3-4,6-7,11,13H,2,5,9-10H2,1H3,(H2,18,21)/t11-,13-/m1/s1. The van der Waals surface area contributed by atoms with Gasteiger partial charge < -0.3 is 15.4 Å². The van der Waals surface area contributed by atoms with Crippen LogP contribution in [0, 0.1) is 17.2 Å². The third-order valence-corrected chi connectivity index (χ3v) is 3.95. The maximum Gasteiger partial charge on any atom is 0.260 e. The van der Waals surface area contributed by atoms with Crippen molar-refractivity contribution in [3.63, 3.8) is 0 Å². The van der Waals surface area contributed by atoms with Crippen LogP contribution in [-0.4, -0.2) is 35.9 Å². The fourth-order valence-electron chi connectivity index (χ4n) is 2.54. The second-order valence-corrected chi connectivity index (χ2v) is 5.50. The van der Waals surface area contributed by atoms with Crippen LogP contribution in [0.1, 0.15) is 25.3 Å². The van der Waals surface area contributed by atoms with E-state index in [2.05, 4.69) is 0 Å². The highest BCUT2D eigenvalue weighted by Gasteiger charge is 2.31. The molecule has 2 amide bonds. The van der Waals surface area contributed by atoms with Crippen LogP contribution in [-0.2, 0) is 9.59 Å². The Morgan fingerprint density at radius 3 is 2.64 bits per heavy atom. The molecule has 0 spiro atoms.